The summed E-state index contributed by atoms with van der Waals surface area (Å²) < 4.78 is 68.9. The number of aliphatic hydroxyl groups excluding tert-OH is 1. The van der Waals surface area contributed by atoms with Crippen LogP contribution in [0.25, 0.3) is 0 Å². The van der Waals surface area contributed by atoms with Crippen molar-refractivity contribution in [2.45, 2.75) is 471 Å². The van der Waals surface area contributed by atoms with Gasteiger partial charge in [-0.15, -0.1) is 0 Å². The lowest BCUT2D eigenvalue weighted by Crippen LogP contribution is -2.30. The molecule has 3 N–H and O–H groups in total. The van der Waals surface area contributed by atoms with Crippen LogP contribution >= 0.6 is 15.6 Å². The molecule has 104 heavy (non-hydrogen) atoms. The molecule has 0 aromatic rings. The molecule has 0 saturated heterocycles. The van der Waals surface area contributed by atoms with E-state index in [1.807, 2.05) is 0 Å². The third kappa shape index (κ3) is 78.2. The second-order valence-electron chi connectivity index (χ2n) is 31.5. The zero-order chi connectivity index (χ0) is 76.4. The molecule has 0 bridgehead atoms. The normalized spacial score (nSPS) is 13.8. The van der Waals surface area contributed by atoms with Gasteiger partial charge in [0.1, 0.15) is 19.3 Å². The van der Waals surface area contributed by atoms with Gasteiger partial charge in [0.15, 0.2) is 12.2 Å². The Morgan fingerprint density at radius 3 is 0.654 bits per heavy atom. The van der Waals surface area contributed by atoms with Crippen LogP contribution in [0.3, 0.4) is 0 Å². The van der Waals surface area contributed by atoms with Gasteiger partial charge in [0.25, 0.3) is 0 Å². The van der Waals surface area contributed by atoms with Gasteiger partial charge in [0.05, 0.1) is 26.4 Å². The largest absolute Gasteiger partial charge is 0.472 e. The Bertz CT molecular complexity index is 1990. The third-order valence-corrected chi connectivity index (χ3v) is 21.9. The molecule has 19 heteroatoms. The van der Waals surface area contributed by atoms with E-state index >= 15 is 0 Å². The summed E-state index contributed by atoms with van der Waals surface area (Å²) in [7, 11) is -9.93. The average Bonchev–Trinajstić information content (AvgIpc) is 0.907. The van der Waals surface area contributed by atoms with Crippen molar-refractivity contribution in [1.82, 2.24) is 0 Å². The highest BCUT2D eigenvalue weighted by atomic mass is 31.2. The number of carbonyl (C=O) groups excluding carboxylic acids is 4. The summed E-state index contributed by atoms with van der Waals surface area (Å²) in [6.07, 6.45) is 67.9. The Morgan fingerprint density at radius 2 is 0.442 bits per heavy atom. The van der Waals surface area contributed by atoms with Crippen molar-refractivity contribution in [3.05, 3.63) is 0 Å². The van der Waals surface area contributed by atoms with E-state index in [4.69, 9.17) is 37.0 Å². The van der Waals surface area contributed by atoms with Crippen molar-refractivity contribution < 1.29 is 80.2 Å². The summed E-state index contributed by atoms with van der Waals surface area (Å²) in [5.74, 6) is -0.530. The smallest absolute Gasteiger partial charge is 0.462 e. The van der Waals surface area contributed by atoms with Crippen molar-refractivity contribution in [3.8, 4) is 0 Å². The van der Waals surface area contributed by atoms with Crippen LogP contribution in [0.15, 0.2) is 0 Å². The van der Waals surface area contributed by atoms with Gasteiger partial charge in [-0.1, -0.05) is 401 Å². The van der Waals surface area contributed by atoms with Gasteiger partial charge in [-0.3, -0.25) is 37.3 Å². The molecule has 0 saturated carbocycles. The summed E-state index contributed by atoms with van der Waals surface area (Å²) in [6, 6.07) is 0. The molecule has 0 aliphatic carbocycles. The van der Waals surface area contributed by atoms with Crippen LogP contribution in [0.2, 0.25) is 0 Å². The van der Waals surface area contributed by atoms with Crippen molar-refractivity contribution in [2.75, 3.05) is 39.6 Å². The Balaban J connectivity index is 5.26. The van der Waals surface area contributed by atoms with Crippen molar-refractivity contribution >= 4 is 39.5 Å². The summed E-state index contributed by atoms with van der Waals surface area (Å²) in [5, 5.41) is 10.7. The number of aliphatic hydroxyl groups is 1. The predicted octanol–water partition coefficient (Wildman–Crippen LogP) is 25.8. The quantitative estimate of drug-likeness (QED) is 0.0222. The lowest BCUT2D eigenvalue weighted by Gasteiger charge is -2.21. The van der Waals surface area contributed by atoms with E-state index in [-0.39, 0.29) is 25.7 Å². The van der Waals surface area contributed by atoms with E-state index in [0.29, 0.717) is 25.7 Å². The number of phosphoric ester groups is 2. The van der Waals surface area contributed by atoms with E-state index in [9.17, 15) is 43.2 Å². The van der Waals surface area contributed by atoms with Crippen LogP contribution in [0.5, 0.6) is 0 Å². The molecule has 0 rings (SSSR count). The highest BCUT2D eigenvalue weighted by Gasteiger charge is 2.30. The van der Waals surface area contributed by atoms with E-state index in [1.165, 1.54) is 270 Å². The first-order valence-corrected chi connectivity index (χ1v) is 47.0. The molecule has 0 aromatic heterocycles. The lowest BCUT2D eigenvalue weighted by atomic mass is 10.0. The second-order valence-corrected chi connectivity index (χ2v) is 34.4. The summed E-state index contributed by atoms with van der Waals surface area (Å²) in [5.41, 5.74) is 0. The molecule has 0 amide bonds. The molecule has 5 atom stereocenters. The zero-order valence-electron chi connectivity index (χ0n) is 68.3. The molecule has 0 aliphatic heterocycles. The predicted molar refractivity (Wildman–Crippen MR) is 428 cm³/mol. The first kappa shape index (κ1) is 102. The minimum Gasteiger partial charge on any atom is -0.462 e. The lowest BCUT2D eigenvalue weighted by molar-refractivity contribution is -0.161. The minimum absolute atomic E-state index is 0.107. The van der Waals surface area contributed by atoms with Crippen molar-refractivity contribution in [3.63, 3.8) is 0 Å². The van der Waals surface area contributed by atoms with Crippen LogP contribution < -0.4 is 0 Å². The fourth-order valence-corrected chi connectivity index (χ4v) is 14.8. The summed E-state index contributed by atoms with van der Waals surface area (Å²) >= 11 is 0. The van der Waals surface area contributed by atoms with Gasteiger partial charge >= 0.3 is 39.5 Å². The molecule has 2 unspecified atom stereocenters. The zero-order valence-corrected chi connectivity index (χ0v) is 70.1. The second kappa shape index (κ2) is 76.4. The number of hydrogen-bond acceptors (Lipinski definition) is 15. The number of carbonyl (C=O) groups is 4. The Kier molecular flexibility index (Phi) is 75.0. The number of esters is 4. The maximum absolute atomic E-state index is 13.1. The van der Waals surface area contributed by atoms with Crippen LogP contribution in [0.1, 0.15) is 452 Å². The molecule has 0 radical (unpaired) electrons. The minimum atomic E-state index is -4.97. The number of unbranched alkanes of at least 4 members (excludes halogenated alkanes) is 54. The van der Waals surface area contributed by atoms with Gasteiger partial charge in [-0.2, -0.15) is 0 Å². The van der Waals surface area contributed by atoms with E-state index < -0.39 is 97.5 Å². The molecular weight excluding hydrogens is 1350 g/mol. The number of hydrogen-bond donors (Lipinski definition) is 3. The molecule has 0 fully saturated rings. The molecular formula is C85H166O17P2. The van der Waals surface area contributed by atoms with Gasteiger partial charge in [-0.25, -0.2) is 9.13 Å². The first-order valence-electron chi connectivity index (χ1n) is 44.0. The molecule has 0 aliphatic rings. The summed E-state index contributed by atoms with van der Waals surface area (Å²) in [6.45, 7) is 9.70. The fourth-order valence-electron chi connectivity index (χ4n) is 13.2. The average molecular weight is 1520 g/mol. The Labute approximate surface area is 638 Å². The third-order valence-electron chi connectivity index (χ3n) is 20.0. The number of rotatable bonds is 84. The van der Waals surface area contributed by atoms with Gasteiger partial charge in [-0.05, 0) is 37.5 Å². The summed E-state index contributed by atoms with van der Waals surface area (Å²) in [4.78, 5) is 73.2. The molecule has 0 spiro atoms. The van der Waals surface area contributed by atoms with E-state index in [0.717, 1.165) is 102 Å². The van der Waals surface area contributed by atoms with Gasteiger partial charge in [0.2, 0.25) is 0 Å². The molecule has 0 heterocycles. The monoisotopic (exact) mass is 1520 g/mol. The number of ether oxygens (including phenoxy) is 4. The number of phosphoric acid groups is 2. The first-order chi connectivity index (χ1) is 50.4. The Morgan fingerprint density at radius 1 is 0.260 bits per heavy atom. The van der Waals surface area contributed by atoms with Gasteiger partial charge < -0.3 is 33.8 Å². The van der Waals surface area contributed by atoms with E-state index in [1.54, 1.807) is 0 Å². The van der Waals surface area contributed by atoms with Crippen molar-refractivity contribution in [1.29, 1.82) is 0 Å². The van der Waals surface area contributed by atoms with Crippen LogP contribution in [-0.2, 0) is 65.4 Å². The fraction of sp³-hybridized carbons (Fsp3) is 0.953. The standard InChI is InChI=1S/C85H166O17P2/c1-7-9-11-13-15-17-19-21-22-23-24-25-28-33-39-45-51-57-63-69-84(89)101-80(73-96-83(88)68-62-56-50-44-38-32-29-26-27-31-35-41-47-53-59-65-77(3)4)75-99-103(91,92)97-71-79(86)72-98-104(93,94)100-76-81(74-95-82(87)67-61-55-49-43-37-30-20-18-16-14-12-10-8-2)102-85(90)70-64-58-52-46-40-34-36-42-48-54-60-66-78(5)6/h77-81,86H,7-76H2,1-6H3,(H,91,92)(H,93,94)/t79-,80-,81-/m1/s1. The van der Waals surface area contributed by atoms with Crippen LogP contribution in [-0.4, -0.2) is 96.7 Å². The van der Waals surface area contributed by atoms with Gasteiger partial charge in [0, 0.05) is 25.7 Å². The molecule has 0 aromatic carbocycles. The molecule has 618 valence electrons. The Hall–Kier alpha value is -1.94. The van der Waals surface area contributed by atoms with Crippen LogP contribution in [0.4, 0.5) is 0 Å². The van der Waals surface area contributed by atoms with Crippen LogP contribution in [0, 0.1) is 11.8 Å². The maximum Gasteiger partial charge on any atom is 0.472 e. The SMILES string of the molecule is CCCCCCCCCCCCCCCCCCCCCC(=O)O[C@H](COC(=O)CCCCCCCCCCCCCCCCCC(C)C)COP(=O)(O)OC[C@@H](O)COP(=O)(O)OC[C@@H](COC(=O)CCCCCCCCCCCCCCC)OC(=O)CCCCCCCCCCCCCC(C)C. The molecule has 17 nitrogen and oxygen atoms in total. The van der Waals surface area contributed by atoms with E-state index in [2.05, 4.69) is 41.5 Å². The topological polar surface area (TPSA) is 237 Å². The maximum atomic E-state index is 13.1. The van der Waals surface area contributed by atoms with Crippen molar-refractivity contribution in [2.24, 2.45) is 11.8 Å². The highest BCUT2D eigenvalue weighted by Crippen LogP contribution is 2.45. The highest BCUT2D eigenvalue weighted by molar-refractivity contribution is 7.47.